The molecule has 1 unspecified atom stereocenters. The Morgan fingerprint density at radius 2 is 2.32 bits per heavy atom. The number of carbonyl (C=O) groups is 1. The largest absolute Gasteiger partial charge is 0.464 e. The molecular weight excluding hydrogens is 254 g/mol. The van der Waals surface area contributed by atoms with Crippen LogP contribution in [0.4, 0.5) is 5.82 Å². The van der Waals surface area contributed by atoms with Crippen molar-refractivity contribution < 1.29 is 9.53 Å². The zero-order valence-corrected chi connectivity index (χ0v) is 10.4. The van der Waals surface area contributed by atoms with Gasteiger partial charge in [0.2, 0.25) is 5.82 Å². The molecule has 3 N–H and O–H groups in total. The molecule has 0 aromatic carbocycles. The second-order valence-electron chi connectivity index (χ2n) is 4.00. The molecule has 19 heavy (non-hydrogen) atoms. The minimum Gasteiger partial charge on any atom is -0.464 e. The summed E-state index contributed by atoms with van der Waals surface area (Å²) in [6.45, 7) is 3.36. The lowest BCUT2D eigenvalue weighted by Gasteiger charge is -2.34. The van der Waals surface area contributed by atoms with Crippen LogP contribution in [0, 0.1) is 0 Å². The smallest absolute Gasteiger partial charge is 0.342 e. The van der Waals surface area contributed by atoms with Gasteiger partial charge < -0.3 is 15.0 Å². The van der Waals surface area contributed by atoms with E-state index in [2.05, 4.69) is 20.5 Å². The van der Waals surface area contributed by atoms with Crippen molar-refractivity contribution in [3.63, 3.8) is 0 Å². The number of anilines is 1. The molecule has 104 valence electrons. The molecule has 1 atom stereocenters. The number of piperazine rings is 1. The molecule has 1 aromatic heterocycles. The van der Waals surface area contributed by atoms with Gasteiger partial charge in [0.05, 0.1) is 6.61 Å². The minimum atomic E-state index is -0.684. The van der Waals surface area contributed by atoms with Crippen LogP contribution >= 0.6 is 0 Å². The fourth-order valence-electron chi connectivity index (χ4n) is 1.94. The van der Waals surface area contributed by atoms with E-state index in [4.69, 9.17) is 4.74 Å². The van der Waals surface area contributed by atoms with E-state index < -0.39 is 23.3 Å². The van der Waals surface area contributed by atoms with Gasteiger partial charge in [0.1, 0.15) is 6.04 Å². The van der Waals surface area contributed by atoms with Crippen molar-refractivity contribution in [1.82, 2.24) is 20.5 Å². The maximum Gasteiger partial charge on any atom is 0.342 e. The number of nitrogens with zero attached hydrogens (tertiary/aromatic N) is 2. The Labute approximate surface area is 108 Å². The topological polar surface area (TPSA) is 120 Å². The van der Waals surface area contributed by atoms with Crippen LogP contribution in [0.25, 0.3) is 0 Å². The first kappa shape index (κ1) is 13.3. The molecular formula is C10H15N5O4. The number of aromatic amines is 2. The first-order valence-corrected chi connectivity index (χ1v) is 5.96. The van der Waals surface area contributed by atoms with E-state index in [9.17, 15) is 14.4 Å². The van der Waals surface area contributed by atoms with Gasteiger partial charge in [-0.15, -0.1) is 5.10 Å². The van der Waals surface area contributed by atoms with E-state index in [1.165, 1.54) is 4.90 Å². The molecule has 1 aromatic rings. The van der Waals surface area contributed by atoms with Crippen molar-refractivity contribution in [2.45, 2.75) is 13.0 Å². The Bertz CT molecular complexity index is 566. The van der Waals surface area contributed by atoms with Gasteiger partial charge in [0.15, 0.2) is 0 Å². The quantitative estimate of drug-likeness (QED) is 0.532. The first-order valence-electron chi connectivity index (χ1n) is 5.96. The predicted octanol–water partition coefficient (Wildman–Crippen LogP) is -2.20. The number of carbonyl (C=O) groups excluding carboxylic acids is 1. The van der Waals surface area contributed by atoms with Crippen LogP contribution in [0.5, 0.6) is 0 Å². The van der Waals surface area contributed by atoms with Crippen LogP contribution in [-0.2, 0) is 9.53 Å². The van der Waals surface area contributed by atoms with E-state index in [0.717, 1.165) is 0 Å². The molecule has 2 heterocycles. The Balaban J connectivity index is 2.31. The minimum absolute atomic E-state index is 0.0131. The van der Waals surface area contributed by atoms with Crippen molar-refractivity contribution in [3.05, 3.63) is 20.8 Å². The number of aromatic nitrogens is 3. The fraction of sp³-hybridized carbons (Fsp3) is 0.600. The van der Waals surface area contributed by atoms with Gasteiger partial charge in [0, 0.05) is 19.6 Å². The van der Waals surface area contributed by atoms with Gasteiger partial charge in [0.25, 0.3) is 5.56 Å². The number of esters is 1. The molecule has 1 fully saturated rings. The maximum absolute atomic E-state index is 11.8. The molecule has 0 bridgehead atoms. The highest BCUT2D eigenvalue weighted by Gasteiger charge is 2.32. The van der Waals surface area contributed by atoms with Crippen molar-refractivity contribution in [1.29, 1.82) is 0 Å². The number of H-pyrrole nitrogens is 2. The summed E-state index contributed by atoms with van der Waals surface area (Å²) in [5.74, 6) is -0.416. The number of hydrogen-bond donors (Lipinski definition) is 3. The van der Waals surface area contributed by atoms with Crippen LogP contribution in [0.3, 0.4) is 0 Å². The third kappa shape index (κ3) is 2.81. The van der Waals surface area contributed by atoms with E-state index in [1.807, 2.05) is 0 Å². The summed E-state index contributed by atoms with van der Waals surface area (Å²) < 4.78 is 4.96. The molecule has 0 amide bonds. The Kier molecular flexibility index (Phi) is 3.95. The van der Waals surface area contributed by atoms with Crippen molar-refractivity contribution >= 4 is 11.8 Å². The molecule has 9 heteroatoms. The van der Waals surface area contributed by atoms with Crippen LogP contribution in [0.15, 0.2) is 9.59 Å². The van der Waals surface area contributed by atoms with Crippen LogP contribution in [0.2, 0.25) is 0 Å². The summed E-state index contributed by atoms with van der Waals surface area (Å²) >= 11 is 0. The van der Waals surface area contributed by atoms with Gasteiger partial charge in [-0.1, -0.05) is 0 Å². The van der Waals surface area contributed by atoms with E-state index in [-0.39, 0.29) is 12.4 Å². The number of hydrogen-bond acceptors (Lipinski definition) is 7. The van der Waals surface area contributed by atoms with Gasteiger partial charge in [-0.05, 0) is 6.92 Å². The Morgan fingerprint density at radius 1 is 1.53 bits per heavy atom. The average Bonchev–Trinajstić information content (AvgIpc) is 2.39. The third-order valence-corrected chi connectivity index (χ3v) is 2.77. The van der Waals surface area contributed by atoms with E-state index >= 15 is 0 Å². The second kappa shape index (κ2) is 5.65. The molecule has 0 radical (unpaired) electrons. The normalized spacial score (nSPS) is 19.2. The lowest BCUT2D eigenvalue weighted by Crippen LogP contribution is -2.57. The fourth-order valence-corrected chi connectivity index (χ4v) is 1.94. The van der Waals surface area contributed by atoms with Crippen molar-refractivity contribution in [3.8, 4) is 0 Å². The van der Waals surface area contributed by atoms with Crippen molar-refractivity contribution in [2.75, 3.05) is 31.1 Å². The van der Waals surface area contributed by atoms with Crippen LogP contribution in [0.1, 0.15) is 6.92 Å². The number of rotatable bonds is 3. The second-order valence-corrected chi connectivity index (χ2v) is 4.00. The Morgan fingerprint density at radius 3 is 3.00 bits per heavy atom. The molecule has 1 aliphatic heterocycles. The summed E-state index contributed by atoms with van der Waals surface area (Å²) in [6, 6.07) is -0.631. The molecule has 2 rings (SSSR count). The Hall–Kier alpha value is -2.16. The summed E-state index contributed by atoms with van der Waals surface area (Å²) in [4.78, 5) is 38.1. The molecule has 0 aliphatic carbocycles. The SMILES string of the molecule is CCOC(=O)C1CNCCN1c1n[nH]c(=O)[nH]c1=O. The molecule has 1 aliphatic rings. The summed E-state index contributed by atoms with van der Waals surface area (Å²) in [5.41, 5.74) is -1.31. The van der Waals surface area contributed by atoms with Gasteiger partial charge >= 0.3 is 11.7 Å². The standard InChI is InChI=1S/C10H15N5O4/c1-2-19-9(17)6-5-11-3-4-15(6)7-8(16)12-10(18)14-13-7/h6,11H,2-5H2,1H3,(H2,12,14,16,18). The average molecular weight is 269 g/mol. The molecule has 1 saturated heterocycles. The van der Waals surface area contributed by atoms with E-state index in [1.54, 1.807) is 6.92 Å². The van der Waals surface area contributed by atoms with E-state index in [0.29, 0.717) is 19.6 Å². The molecule has 9 nitrogen and oxygen atoms in total. The van der Waals surface area contributed by atoms with Crippen molar-refractivity contribution in [2.24, 2.45) is 0 Å². The predicted molar refractivity (Wildman–Crippen MR) is 66.1 cm³/mol. The van der Waals surface area contributed by atoms with Gasteiger partial charge in [-0.3, -0.25) is 9.78 Å². The number of ether oxygens (including phenoxy) is 1. The van der Waals surface area contributed by atoms with Gasteiger partial charge in [-0.2, -0.15) is 0 Å². The highest BCUT2D eigenvalue weighted by atomic mass is 16.5. The monoisotopic (exact) mass is 269 g/mol. The summed E-state index contributed by atoms with van der Waals surface area (Å²) in [6.07, 6.45) is 0. The van der Waals surface area contributed by atoms with Crippen LogP contribution in [-0.4, -0.2) is 53.4 Å². The highest BCUT2D eigenvalue weighted by molar-refractivity contribution is 5.80. The zero-order chi connectivity index (χ0) is 13.8. The summed E-state index contributed by atoms with van der Waals surface area (Å²) in [7, 11) is 0. The summed E-state index contributed by atoms with van der Waals surface area (Å²) in [5, 5.41) is 8.91. The maximum atomic E-state index is 11.8. The molecule has 0 saturated carbocycles. The third-order valence-electron chi connectivity index (χ3n) is 2.77. The lowest BCUT2D eigenvalue weighted by atomic mass is 10.2. The zero-order valence-electron chi connectivity index (χ0n) is 10.4. The lowest BCUT2D eigenvalue weighted by molar-refractivity contribution is -0.144. The van der Waals surface area contributed by atoms with Crippen LogP contribution < -0.4 is 21.5 Å². The van der Waals surface area contributed by atoms with Gasteiger partial charge in [-0.25, -0.2) is 14.7 Å². The highest BCUT2D eigenvalue weighted by Crippen LogP contribution is 2.11. The number of nitrogens with one attached hydrogen (secondary N) is 3. The first-order chi connectivity index (χ1) is 9.13. The molecule has 0 spiro atoms.